The maximum absolute atomic E-state index is 13.3. The highest BCUT2D eigenvalue weighted by Crippen LogP contribution is 2.30. The van der Waals surface area contributed by atoms with Crippen LogP contribution in [0.5, 0.6) is 0 Å². The molecule has 30 heavy (non-hydrogen) atoms. The molecule has 1 aromatic heterocycles. The molecule has 1 amide bonds. The Balaban J connectivity index is 1.39. The number of anilines is 1. The Bertz CT molecular complexity index is 1040. The zero-order chi connectivity index (χ0) is 20.5. The van der Waals surface area contributed by atoms with Gasteiger partial charge in [0.05, 0.1) is 13.2 Å². The van der Waals surface area contributed by atoms with E-state index in [9.17, 15) is 9.90 Å². The first-order valence-electron chi connectivity index (χ1n) is 10.6. The number of rotatable bonds is 5. The fourth-order valence-electron chi connectivity index (χ4n) is 4.73. The van der Waals surface area contributed by atoms with Crippen LogP contribution in [0, 0.1) is 0 Å². The average Bonchev–Trinajstić information content (AvgIpc) is 3.43. The summed E-state index contributed by atoms with van der Waals surface area (Å²) in [6.07, 6.45) is 2.84. The third-order valence-electron chi connectivity index (χ3n) is 6.36. The zero-order valence-electron chi connectivity index (χ0n) is 17.0. The van der Waals surface area contributed by atoms with E-state index in [1.807, 2.05) is 23.1 Å². The molecule has 4 nitrogen and oxygen atoms in total. The van der Waals surface area contributed by atoms with Crippen LogP contribution in [0.25, 0.3) is 0 Å². The Kier molecular flexibility index (Phi) is 5.32. The molecule has 0 radical (unpaired) electrons. The number of aliphatic hydroxyl groups excluding tert-OH is 1. The minimum absolute atomic E-state index is 0.00752. The smallest absolute Gasteiger partial charge is 0.242 e. The molecule has 0 atom stereocenters. The molecule has 154 valence electrons. The number of carbonyl (C=O) groups excluding carboxylic acids is 1. The number of nitrogens with zero attached hydrogens (tertiary/aromatic N) is 2. The number of benzene rings is 2. The summed E-state index contributed by atoms with van der Waals surface area (Å²) in [5, 5.41) is 11.7. The van der Waals surface area contributed by atoms with Crippen molar-refractivity contribution in [1.82, 2.24) is 4.90 Å². The Morgan fingerprint density at radius 3 is 2.63 bits per heavy atom. The van der Waals surface area contributed by atoms with Crippen LogP contribution in [0.4, 0.5) is 5.69 Å². The molecule has 2 aromatic carbocycles. The van der Waals surface area contributed by atoms with Gasteiger partial charge in [-0.2, -0.15) is 0 Å². The molecule has 0 unspecified atom stereocenters. The first-order valence-corrected chi connectivity index (χ1v) is 11.5. The monoisotopic (exact) mass is 418 g/mol. The highest BCUT2D eigenvalue weighted by molar-refractivity contribution is 7.10. The van der Waals surface area contributed by atoms with E-state index < -0.39 is 0 Å². The van der Waals surface area contributed by atoms with Gasteiger partial charge in [0, 0.05) is 29.7 Å². The predicted molar refractivity (Wildman–Crippen MR) is 121 cm³/mol. The molecule has 3 aromatic rings. The van der Waals surface area contributed by atoms with Gasteiger partial charge >= 0.3 is 0 Å². The second kappa shape index (κ2) is 8.25. The molecule has 1 aliphatic carbocycles. The van der Waals surface area contributed by atoms with Gasteiger partial charge in [0.25, 0.3) is 0 Å². The van der Waals surface area contributed by atoms with Crippen molar-refractivity contribution in [3.8, 4) is 0 Å². The summed E-state index contributed by atoms with van der Waals surface area (Å²) in [5.74, 6) is 0.178. The lowest BCUT2D eigenvalue weighted by Crippen LogP contribution is -2.46. The molecular weight excluding hydrogens is 392 g/mol. The van der Waals surface area contributed by atoms with Crippen LogP contribution in [-0.2, 0) is 37.2 Å². The molecule has 5 heteroatoms. The van der Waals surface area contributed by atoms with Crippen molar-refractivity contribution >= 4 is 22.9 Å². The van der Waals surface area contributed by atoms with Crippen LogP contribution in [0.15, 0.2) is 60.0 Å². The number of fused-ring (bicyclic) bond motifs is 2. The standard InChI is InChI=1S/C25H26N2O2S/c28-17-18-4-3-7-22(12-18)27(23-13-19-5-1-2-6-20(19)14-23)16-25(29)26-10-8-24-21(15-26)9-11-30-24/h1-7,9,11-12,23,28H,8,10,13-17H2. The van der Waals surface area contributed by atoms with Crippen molar-refractivity contribution in [2.24, 2.45) is 0 Å². The number of amides is 1. The predicted octanol–water partition coefficient (Wildman–Crippen LogP) is 3.80. The van der Waals surface area contributed by atoms with E-state index >= 15 is 0 Å². The van der Waals surface area contributed by atoms with Crippen LogP contribution in [0.2, 0.25) is 0 Å². The molecule has 1 N–H and O–H groups in total. The summed E-state index contributed by atoms with van der Waals surface area (Å²) < 4.78 is 0. The second-order valence-electron chi connectivity index (χ2n) is 8.22. The lowest BCUT2D eigenvalue weighted by molar-refractivity contribution is -0.130. The molecule has 0 saturated heterocycles. The molecule has 2 aliphatic rings. The van der Waals surface area contributed by atoms with E-state index in [0.717, 1.165) is 37.1 Å². The minimum Gasteiger partial charge on any atom is -0.392 e. The van der Waals surface area contributed by atoms with Crippen LogP contribution in [0.3, 0.4) is 0 Å². The van der Waals surface area contributed by atoms with Crippen molar-refractivity contribution in [2.75, 3.05) is 18.0 Å². The average molecular weight is 419 g/mol. The lowest BCUT2D eigenvalue weighted by atomic mass is 10.1. The van der Waals surface area contributed by atoms with Gasteiger partial charge in [-0.1, -0.05) is 36.4 Å². The quantitative estimate of drug-likeness (QED) is 0.685. The fourth-order valence-corrected chi connectivity index (χ4v) is 5.62. The Hall–Kier alpha value is -2.63. The van der Waals surface area contributed by atoms with Crippen LogP contribution >= 0.6 is 11.3 Å². The van der Waals surface area contributed by atoms with E-state index in [0.29, 0.717) is 13.1 Å². The molecule has 0 fully saturated rings. The van der Waals surface area contributed by atoms with Crippen molar-refractivity contribution in [3.63, 3.8) is 0 Å². The van der Waals surface area contributed by atoms with Crippen molar-refractivity contribution < 1.29 is 9.90 Å². The molecule has 0 bridgehead atoms. The third kappa shape index (κ3) is 3.75. The van der Waals surface area contributed by atoms with Gasteiger partial charge in [0.2, 0.25) is 5.91 Å². The second-order valence-corrected chi connectivity index (χ2v) is 9.22. The van der Waals surface area contributed by atoms with Crippen LogP contribution in [-0.4, -0.2) is 35.0 Å². The van der Waals surface area contributed by atoms with E-state index in [-0.39, 0.29) is 18.6 Å². The molecule has 5 rings (SSSR count). The molecule has 0 saturated carbocycles. The largest absolute Gasteiger partial charge is 0.392 e. The van der Waals surface area contributed by atoms with E-state index in [2.05, 4.69) is 46.7 Å². The van der Waals surface area contributed by atoms with Crippen molar-refractivity contribution in [3.05, 3.63) is 87.1 Å². The first-order chi connectivity index (χ1) is 14.7. The third-order valence-corrected chi connectivity index (χ3v) is 7.38. The summed E-state index contributed by atoms with van der Waals surface area (Å²) in [4.78, 5) is 19.0. The lowest BCUT2D eigenvalue weighted by Gasteiger charge is -2.34. The molecule has 2 heterocycles. The van der Waals surface area contributed by atoms with Gasteiger partial charge in [-0.05, 0) is 65.1 Å². The summed E-state index contributed by atoms with van der Waals surface area (Å²) >= 11 is 1.80. The first kappa shape index (κ1) is 19.3. The zero-order valence-corrected chi connectivity index (χ0v) is 17.8. The van der Waals surface area contributed by atoms with Gasteiger partial charge < -0.3 is 14.9 Å². The van der Waals surface area contributed by atoms with Crippen LogP contribution < -0.4 is 4.90 Å². The van der Waals surface area contributed by atoms with Gasteiger partial charge in [-0.25, -0.2) is 0 Å². The van der Waals surface area contributed by atoms with Gasteiger partial charge in [-0.15, -0.1) is 11.3 Å². The van der Waals surface area contributed by atoms with E-state index in [1.54, 1.807) is 11.3 Å². The maximum atomic E-state index is 13.3. The topological polar surface area (TPSA) is 43.8 Å². The van der Waals surface area contributed by atoms with Gasteiger partial charge in [0.15, 0.2) is 0 Å². The highest BCUT2D eigenvalue weighted by Gasteiger charge is 2.30. The molecular formula is C25H26N2O2S. The molecule has 0 spiro atoms. The van der Waals surface area contributed by atoms with Gasteiger partial charge in [0.1, 0.15) is 0 Å². The Morgan fingerprint density at radius 1 is 1.07 bits per heavy atom. The van der Waals surface area contributed by atoms with Gasteiger partial charge in [-0.3, -0.25) is 4.79 Å². The Morgan fingerprint density at radius 2 is 1.87 bits per heavy atom. The van der Waals surface area contributed by atoms with Crippen molar-refractivity contribution in [2.45, 2.75) is 38.5 Å². The van der Waals surface area contributed by atoms with Crippen molar-refractivity contribution in [1.29, 1.82) is 0 Å². The number of hydrogen-bond acceptors (Lipinski definition) is 4. The van der Waals surface area contributed by atoms with Crippen LogP contribution in [0.1, 0.15) is 27.1 Å². The summed E-state index contributed by atoms with van der Waals surface area (Å²) in [5.41, 5.74) is 5.93. The number of hydrogen-bond donors (Lipinski definition) is 1. The fraction of sp³-hybridized carbons (Fsp3) is 0.320. The number of thiophene rings is 1. The number of carbonyl (C=O) groups is 1. The normalized spacial score (nSPS) is 15.7. The SMILES string of the molecule is O=C(CN(c1cccc(CO)c1)C1Cc2ccccc2C1)N1CCc2sccc2C1. The summed E-state index contributed by atoms with van der Waals surface area (Å²) in [6, 6.07) is 19.0. The Labute approximate surface area is 181 Å². The maximum Gasteiger partial charge on any atom is 0.242 e. The van der Waals surface area contributed by atoms with E-state index in [4.69, 9.17) is 0 Å². The summed E-state index contributed by atoms with van der Waals surface area (Å²) in [7, 11) is 0. The van der Waals surface area contributed by atoms with E-state index in [1.165, 1.54) is 21.6 Å². The number of aliphatic hydroxyl groups is 1. The minimum atomic E-state index is 0.00752. The highest BCUT2D eigenvalue weighted by atomic mass is 32.1. The summed E-state index contributed by atoms with van der Waals surface area (Å²) in [6.45, 7) is 1.88. The molecule has 1 aliphatic heterocycles.